The molecule has 0 aliphatic heterocycles. The molecule has 0 atom stereocenters. The molecule has 0 fully saturated rings. The Morgan fingerprint density at radius 1 is 0.783 bits per heavy atom. The quantitative estimate of drug-likeness (QED) is 0.568. The summed E-state index contributed by atoms with van der Waals surface area (Å²) in [6.45, 7) is 2.23. The Balaban J connectivity index is 1.92. The smallest absolute Gasteiger partial charge is 0.118 e. The highest BCUT2D eigenvalue weighted by molar-refractivity contribution is 5.45. The molecule has 23 heavy (non-hydrogen) atoms. The van der Waals surface area contributed by atoms with Crippen LogP contribution in [0.25, 0.3) is 0 Å². The van der Waals surface area contributed by atoms with E-state index in [1.165, 1.54) is 24.8 Å². The second-order valence-corrected chi connectivity index (χ2v) is 5.38. The lowest BCUT2D eigenvalue weighted by atomic mass is 10.1. The van der Waals surface area contributed by atoms with E-state index in [9.17, 15) is 0 Å². The van der Waals surface area contributed by atoms with E-state index in [1.54, 1.807) is 7.11 Å². The van der Waals surface area contributed by atoms with Crippen LogP contribution in [-0.4, -0.2) is 7.11 Å². The summed E-state index contributed by atoms with van der Waals surface area (Å²) in [5.74, 6) is 12.8. The number of methoxy groups -OCH3 is 1. The maximum absolute atomic E-state index is 5.12. The molecule has 0 radical (unpaired) electrons. The van der Waals surface area contributed by atoms with Gasteiger partial charge < -0.3 is 4.74 Å². The Labute approximate surface area is 139 Å². The van der Waals surface area contributed by atoms with Crippen molar-refractivity contribution in [2.45, 2.75) is 32.6 Å². The van der Waals surface area contributed by atoms with Gasteiger partial charge in [-0.2, -0.15) is 0 Å². The fourth-order valence-electron chi connectivity index (χ4n) is 2.22. The van der Waals surface area contributed by atoms with Gasteiger partial charge in [-0.15, -0.1) is 0 Å². The van der Waals surface area contributed by atoms with E-state index in [4.69, 9.17) is 4.74 Å². The molecule has 2 rings (SSSR count). The molecule has 116 valence electrons. The topological polar surface area (TPSA) is 9.23 Å². The van der Waals surface area contributed by atoms with Crippen LogP contribution in [0.3, 0.4) is 0 Å². The number of hydrogen-bond acceptors (Lipinski definition) is 1. The fourth-order valence-corrected chi connectivity index (χ4v) is 2.22. The molecule has 0 spiro atoms. The van der Waals surface area contributed by atoms with Crippen LogP contribution in [-0.2, 0) is 6.42 Å². The predicted octanol–water partition coefficient (Wildman–Crippen LogP) is 4.83. The van der Waals surface area contributed by atoms with Crippen LogP contribution in [0.1, 0.15) is 42.9 Å². The molecule has 0 saturated carbocycles. The first-order chi connectivity index (χ1) is 11.3. The molecular formula is C22H22O. The average molecular weight is 302 g/mol. The molecule has 0 aromatic heterocycles. The van der Waals surface area contributed by atoms with Gasteiger partial charge in [-0.1, -0.05) is 43.7 Å². The molecule has 0 saturated heterocycles. The van der Waals surface area contributed by atoms with Crippen LogP contribution in [0.5, 0.6) is 5.75 Å². The highest BCUT2D eigenvalue weighted by Crippen LogP contribution is 2.10. The van der Waals surface area contributed by atoms with Gasteiger partial charge in [0.25, 0.3) is 0 Å². The van der Waals surface area contributed by atoms with Crippen LogP contribution in [0, 0.1) is 23.7 Å². The molecule has 0 N–H and O–H groups in total. The van der Waals surface area contributed by atoms with Gasteiger partial charge in [0.15, 0.2) is 0 Å². The van der Waals surface area contributed by atoms with Crippen LogP contribution in [0.15, 0.2) is 48.5 Å². The molecule has 0 amide bonds. The zero-order valence-electron chi connectivity index (χ0n) is 13.9. The van der Waals surface area contributed by atoms with Crippen molar-refractivity contribution >= 4 is 0 Å². The molecule has 0 aliphatic rings. The minimum absolute atomic E-state index is 0.834. The minimum Gasteiger partial charge on any atom is -0.497 e. The van der Waals surface area contributed by atoms with Gasteiger partial charge in [0, 0.05) is 11.1 Å². The molecular weight excluding hydrogens is 280 g/mol. The first-order valence-electron chi connectivity index (χ1n) is 8.07. The van der Waals surface area contributed by atoms with Gasteiger partial charge in [-0.25, -0.2) is 0 Å². The van der Waals surface area contributed by atoms with Crippen LogP contribution in [0.2, 0.25) is 0 Å². The number of benzene rings is 2. The summed E-state index contributed by atoms with van der Waals surface area (Å²) in [5.41, 5.74) is 3.33. The lowest BCUT2D eigenvalue weighted by molar-refractivity contribution is 0.415. The Bertz CT molecular complexity index is 716. The van der Waals surface area contributed by atoms with Crippen molar-refractivity contribution in [3.63, 3.8) is 0 Å². The standard InChI is InChI=1S/C22H22O/c1-3-4-5-8-19-11-13-20(14-12-19)9-6-7-10-21-15-17-22(23-2)18-16-21/h11-18H,3-5,8H2,1-2H3. The highest BCUT2D eigenvalue weighted by Gasteiger charge is 1.93. The van der Waals surface area contributed by atoms with Crippen molar-refractivity contribution in [2.75, 3.05) is 7.11 Å². The van der Waals surface area contributed by atoms with E-state index < -0.39 is 0 Å². The molecule has 2 aromatic carbocycles. The van der Waals surface area contributed by atoms with Gasteiger partial charge in [0.1, 0.15) is 5.75 Å². The molecule has 1 heteroatoms. The van der Waals surface area contributed by atoms with Crippen molar-refractivity contribution < 1.29 is 4.74 Å². The Kier molecular flexibility index (Phi) is 6.83. The van der Waals surface area contributed by atoms with Gasteiger partial charge >= 0.3 is 0 Å². The van der Waals surface area contributed by atoms with E-state index >= 15 is 0 Å². The first kappa shape index (κ1) is 16.7. The van der Waals surface area contributed by atoms with Gasteiger partial charge in [0.2, 0.25) is 0 Å². The second-order valence-electron chi connectivity index (χ2n) is 5.38. The van der Waals surface area contributed by atoms with E-state index in [0.29, 0.717) is 0 Å². The number of ether oxygens (including phenoxy) is 1. The lowest BCUT2D eigenvalue weighted by Gasteiger charge is -2.00. The van der Waals surface area contributed by atoms with E-state index in [-0.39, 0.29) is 0 Å². The highest BCUT2D eigenvalue weighted by atomic mass is 16.5. The number of aryl methyl sites for hydroxylation is 1. The summed E-state index contributed by atoms with van der Waals surface area (Å²) in [6, 6.07) is 16.1. The second kappa shape index (κ2) is 9.39. The zero-order valence-corrected chi connectivity index (χ0v) is 13.9. The Hall–Kier alpha value is -2.64. The zero-order chi connectivity index (χ0) is 16.3. The van der Waals surface area contributed by atoms with E-state index in [1.807, 2.05) is 24.3 Å². The van der Waals surface area contributed by atoms with Crippen molar-refractivity contribution in [3.8, 4) is 29.4 Å². The number of rotatable bonds is 5. The largest absolute Gasteiger partial charge is 0.497 e. The third kappa shape index (κ3) is 5.93. The van der Waals surface area contributed by atoms with Crippen LogP contribution < -0.4 is 4.74 Å². The van der Waals surface area contributed by atoms with Crippen molar-refractivity contribution in [1.29, 1.82) is 0 Å². The molecule has 2 aromatic rings. The van der Waals surface area contributed by atoms with Gasteiger partial charge in [0.05, 0.1) is 7.11 Å². The normalized spacial score (nSPS) is 9.30. The summed E-state index contributed by atoms with van der Waals surface area (Å²) >= 11 is 0. The minimum atomic E-state index is 0.834. The summed E-state index contributed by atoms with van der Waals surface area (Å²) in [6.07, 6.45) is 4.96. The molecule has 0 aliphatic carbocycles. The summed E-state index contributed by atoms with van der Waals surface area (Å²) in [7, 11) is 1.65. The lowest BCUT2D eigenvalue weighted by Crippen LogP contribution is -1.85. The summed E-state index contributed by atoms with van der Waals surface area (Å²) < 4.78 is 5.12. The molecule has 0 unspecified atom stereocenters. The number of hydrogen-bond donors (Lipinski definition) is 0. The monoisotopic (exact) mass is 302 g/mol. The third-order valence-corrected chi connectivity index (χ3v) is 3.59. The first-order valence-corrected chi connectivity index (χ1v) is 8.07. The Morgan fingerprint density at radius 3 is 1.87 bits per heavy atom. The molecule has 0 heterocycles. The van der Waals surface area contributed by atoms with E-state index in [0.717, 1.165) is 23.3 Å². The van der Waals surface area contributed by atoms with Gasteiger partial charge in [-0.3, -0.25) is 0 Å². The van der Waals surface area contributed by atoms with Crippen molar-refractivity contribution in [2.24, 2.45) is 0 Å². The fraction of sp³-hybridized carbons (Fsp3) is 0.273. The maximum Gasteiger partial charge on any atom is 0.118 e. The van der Waals surface area contributed by atoms with Crippen molar-refractivity contribution in [1.82, 2.24) is 0 Å². The van der Waals surface area contributed by atoms with Gasteiger partial charge in [-0.05, 0) is 66.6 Å². The summed E-state index contributed by atoms with van der Waals surface area (Å²) in [5, 5.41) is 0. The molecule has 1 nitrogen and oxygen atoms in total. The van der Waals surface area contributed by atoms with Crippen molar-refractivity contribution in [3.05, 3.63) is 65.2 Å². The van der Waals surface area contributed by atoms with E-state index in [2.05, 4.69) is 54.9 Å². The van der Waals surface area contributed by atoms with Crippen LogP contribution in [0.4, 0.5) is 0 Å². The summed E-state index contributed by atoms with van der Waals surface area (Å²) in [4.78, 5) is 0. The van der Waals surface area contributed by atoms with Crippen LogP contribution >= 0.6 is 0 Å². The third-order valence-electron chi connectivity index (χ3n) is 3.59. The molecule has 0 bridgehead atoms. The predicted molar refractivity (Wildman–Crippen MR) is 96.4 cm³/mol. The number of unbranched alkanes of at least 4 members (excludes halogenated alkanes) is 2. The maximum atomic E-state index is 5.12. The average Bonchev–Trinajstić information content (AvgIpc) is 2.61. The SMILES string of the molecule is CCCCCc1ccc(C#CC#Cc2ccc(OC)cc2)cc1. The Morgan fingerprint density at radius 2 is 1.35 bits per heavy atom.